The topological polar surface area (TPSA) is 71.1 Å². The molecule has 1 aromatic carbocycles. The number of fused-ring (bicyclic) bond motifs is 1. The minimum absolute atomic E-state index is 0.0142. The van der Waals surface area contributed by atoms with E-state index in [1.165, 1.54) is 0 Å². The van der Waals surface area contributed by atoms with E-state index in [0.717, 1.165) is 41.8 Å². The third-order valence-corrected chi connectivity index (χ3v) is 4.84. The summed E-state index contributed by atoms with van der Waals surface area (Å²) in [6.45, 7) is 2.68. The number of nitrogens with one attached hydrogen (secondary N) is 1. The van der Waals surface area contributed by atoms with Gasteiger partial charge in [0.1, 0.15) is 5.75 Å². The molecule has 0 spiro atoms. The van der Waals surface area contributed by atoms with Gasteiger partial charge in [0.25, 0.3) is 5.91 Å². The van der Waals surface area contributed by atoms with E-state index >= 15 is 0 Å². The molecule has 3 heterocycles. The maximum absolute atomic E-state index is 13.1. The maximum Gasteiger partial charge on any atom is 0.255 e. The van der Waals surface area contributed by atoms with Crippen LogP contribution in [0.2, 0.25) is 0 Å². The number of H-pyrrole nitrogens is 1. The molecule has 1 aliphatic heterocycles. The second-order valence-corrected chi connectivity index (χ2v) is 6.38. The highest BCUT2D eigenvalue weighted by Gasteiger charge is 2.31. The van der Waals surface area contributed by atoms with Gasteiger partial charge in [-0.1, -0.05) is 12.1 Å². The molecule has 128 valence electrons. The monoisotopic (exact) mass is 336 g/mol. The number of aryl methyl sites for hydroxylation is 1. The molecule has 4 rings (SSSR count). The number of ether oxygens (including phenoxy) is 1. The van der Waals surface area contributed by atoms with E-state index in [1.807, 2.05) is 36.1 Å². The highest BCUT2D eigenvalue weighted by atomic mass is 16.5. The summed E-state index contributed by atoms with van der Waals surface area (Å²) < 4.78 is 5.32. The molecule has 0 saturated carbocycles. The zero-order valence-corrected chi connectivity index (χ0v) is 14.3. The van der Waals surface area contributed by atoms with Crippen molar-refractivity contribution in [3.05, 3.63) is 53.3 Å². The number of pyridine rings is 1. The number of carbonyl (C=O) groups is 1. The molecule has 0 aliphatic carbocycles. The molecule has 2 aromatic heterocycles. The van der Waals surface area contributed by atoms with Crippen LogP contribution in [0.5, 0.6) is 5.75 Å². The van der Waals surface area contributed by atoms with Gasteiger partial charge in [-0.3, -0.25) is 9.89 Å². The van der Waals surface area contributed by atoms with Gasteiger partial charge in [0.05, 0.1) is 18.7 Å². The van der Waals surface area contributed by atoms with Crippen LogP contribution in [0.25, 0.3) is 11.0 Å². The minimum Gasteiger partial charge on any atom is -0.497 e. The SMILES string of the molecule is COc1cccc([C@H]2CCCN2C(=O)c2cnc3n[nH]c(C)c3c2)c1. The minimum atomic E-state index is 0.0142. The average Bonchev–Trinajstić information content (AvgIpc) is 3.28. The van der Waals surface area contributed by atoms with Crippen molar-refractivity contribution in [3.63, 3.8) is 0 Å². The van der Waals surface area contributed by atoms with Crippen molar-refractivity contribution in [1.82, 2.24) is 20.1 Å². The fraction of sp³-hybridized carbons (Fsp3) is 0.316. The molecule has 0 radical (unpaired) electrons. The first-order valence-corrected chi connectivity index (χ1v) is 8.43. The van der Waals surface area contributed by atoms with Crippen molar-refractivity contribution in [2.75, 3.05) is 13.7 Å². The predicted molar refractivity (Wildman–Crippen MR) is 94.6 cm³/mol. The second-order valence-electron chi connectivity index (χ2n) is 6.38. The summed E-state index contributed by atoms with van der Waals surface area (Å²) in [7, 11) is 1.66. The van der Waals surface area contributed by atoms with Crippen molar-refractivity contribution in [2.45, 2.75) is 25.8 Å². The highest BCUT2D eigenvalue weighted by molar-refractivity contribution is 5.97. The number of hydrogen-bond acceptors (Lipinski definition) is 4. The number of amides is 1. The number of rotatable bonds is 3. The third-order valence-electron chi connectivity index (χ3n) is 4.84. The number of hydrogen-bond donors (Lipinski definition) is 1. The summed E-state index contributed by atoms with van der Waals surface area (Å²) in [5.74, 6) is 0.828. The lowest BCUT2D eigenvalue weighted by Gasteiger charge is -2.25. The van der Waals surface area contributed by atoms with E-state index in [9.17, 15) is 4.79 Å². The summed E-state index contributed by atoms with van der Waals surface area (Å²) in [4.78, 5) is 19.3. The number of aromatic nitrogens is 3. The van der Waals surface area contributed by atoms with Gasteiger partial charge in [0.15, 0.2) is 5.65 Å². The molecule has 1 fully saturated rings. The smallest absolute Gasteiger partial charge is 0.255 e. The van der Waals surface area contributed by atoms with E-state index in [1.54, 1.807) is 13.3 Å². The van der Waals surface area contributed by atoms with Crippen LogP contribution >= 0.6 is 0 Å². The largest absolute Gasteiger partial charge is 0.497 e. The number of carbonyl (C=O) groups excluding carboxylic acids is 1. The van der Waals surface area contributed by atoms with Crippen molar-refractivity contribution in [3.8, 4) is 5.75 Å². The molecule has 1 N–H and O–H groups in total. The first-order valence-electron chi connectivity index (χ1n) is 8.43. The van der Waals surface area contributed by atoms with Crippen LogP contribution < -0.4 is 4.74 Å². The third kappa shape index (κ3) is 2.73. The Kier molecular flexibility index (Phi) is 3.87. The van der Waals surface area contributed by atoms with Crippen LogP contribution in [-0.4, -0.2) is 39.6 Å². The quantitative estimate of drug-likeness (QED) is 0.797. The van der Waals surface area contributed by atoms with Crippen molar-refractivity contribution >= 4 is 16.9 Å². The summed E-state index contributed by atoms with van der Waals surface area (Å²) in [5, 5.41) is 7.92. The molecular weight excluding hydrogens is 316 g/mol. The van der Waals surface area contributed by atoms with Crippen molar-refractivity contribution < 1.29 is 9.53 Å². The zero-order valence-electron chi connectivity index (χ0n) is 14.3. The summed E-state index contributed by atoms with van der Waals surface area (Å²) >= 11 is 0. The van der Waals surface area contributed by atoms with Gasteiger partial charge in [-0.05, 0) is 43.5 Å². The van der Waals surface area contributed by atoms with Crippen LogP contribution in [0.3, 0.4) is 0 Å². The highest BCUT2D eigenvalue weighted by Crippen LogP contribution is 2.34. The van der Waals surface area contributed by atoms with Crippen LogP contribution in [0.15, 0.2) is 36.5 Å². The van der Waals surface area contributed by atoms with Crippen LogP contribution in [-0.2, 0) is 0 Å². The van der Waals surface area contributed by atoms with E-state index in [0.29, 0.717) is 11.2 Å². The number of likely N-dealkylation sites (tertiary alicyclic amines) is 1. The molecule has 1 aliphatic rings. The number of nitrogens with zero attached hydrogens (tertiary/aromatic N) is 3. The average molecular weight is 336 g/mol. The first kappa shape index (κ1) is 15.6. The van der Waals surface area contributed by atoms with Gasteiger partial charge in [0, 0.05) is 23.8 Å². The van der Waals surface area contributed by atoms with E-state index in [-0.39, 0.29) is 11.9 Å². The Morgan fingerprint density at radius 1 is 1.36 bits per heavy atom. The molecule has 1 amide bonds. The van der Waals surface area contributed by atoms with E-state index in [4.69, 9.17) is 4.74 Å². The fourth-order valence-electron chi connectivity index (χ4n) is 3.51. The lowest BCUT2D eigenvalue weighted by Crippen LogP contribution is -2.30. The Bertz CT molecular complexity index is 934. The van der Waals surface area contributed by atoms with E-state index in [2.05, 4.69) is 21.2 Å². The molecule has 6 heteroatoms. The van der Waals surface area contributed by atoms with Gasteiger partial charge >= 0.3 is 0 Å². The summed E-state index contributed by atoms with van der Waals surface area (Å²) in [6, 6.07) is 9.91. The number of benzene rings is 1. The molecule has 3 aromatic rings. The van der Waals surface area contributed by atoms with Crippen LogP contribution in [0.1, 0.15) is 40.5 Å². The summed E-state index contributed by atoms with van der Waals surface area (Å²) in [6.07, 6.45) is 3.57. The van der Waals surface area contributed by atoms with Crippen LogP contribution in [0.4, 0.5) is 0 Å². The number of aromatic amines is 1. The lowest BCUT2D eigenvalue weighted by molar-refractivity contribution is 0.0735. The Hall–Kier alpha value is -2.89. The predicted octanol–water partition coefficient (Wildman–Crippen LogP) is 3.25. The van der Waals surface area contributed by atoms with Crippen molar-refractivity contribution in [2.24, 2.45) is 0 Å². The molecule has 1 saturated heterocycles. The second kappa shape index (κ2) is 6.20. The lowest BCUT2D eigenvalue weighted by atomic mass is 10.0. The van der Waals surface area contributed by atoms with Gasteiger partial charge in [-0.15, -0.1) is 0 Å². The molecule has 0 unspecified atom stereocenters. The normalized spacial score (nSPS) is 17.2. The summed E-state index contributed by atoms with van der Waals surface area (Å²) in [5.41, 5.74) is 3.27. The first-order chi connectivity index (χ1) is 12.2. The van der Waals surface area contributed by atoms with Gasteiger partial charge in [-0.25, -0.2) is 4.98 Å². The van der Waals surface area contributed by atoms with Gasteiger partial charge in [0.2, 0.25) is 0 Å². The Morgan fingerprint density at radius 3 is 3.08 bits per heavy atom. The number of methoxy groups -OCH3 is 1. The molecule has 6 nitrogen and oxygen atoms in total. The van der Waals surface area contributed by atoms with Gasteiger partial charge in [-0.2, -0.15) is 5.10 Å². The van der Waals surface area contributed by atoms with Crippen molar-refractivity contribution in [1.29, 1.82) is 0 Å². The van der Waals surface area contributed by atoms with Crippen LogP contribution in [0, 0.1) is 6.92 Å². The maximum atomic E-state index is 13.1. The molecule has 25 heavy (non-hydrogen) atoms. The Morgan fingerprint density at radius 2 is 2.24 bits per heavy atom. The molecular formula is C19H20N4O2. The zero-order chi connectivity index (χ0) is 17.4. The molecule has 0 bridgehead atoms. The fourth-order valence-corrected chi connectivity index (χ4v) is 3.51. The van der Waals surface area contributed by atoms with E-state index < -0.39 is 0 Å². The standard InChI is InChI=1S/C19H20N4O2/c1-12-16-10-14(11-20-18(16)22-21-12)19(24)23-8-4-7-17(23)13-5-3-6-15(9-13)25-2/h3,5-6,9-11,17H,4,7-8H2,1-2H3,(H,20,21,22)/t17-/m1/s1. The molecule has 1 atom stereocenters. The van der Waals surface area contributed by atoms with Gasteiger partial charge < -0.3 is 9.64 Å². The Balaban J connectivity index is 1.66. The Labute approximate surface area is 145 Å².